The van der Waals surface area contributed by atoms with Gasteiger partial charge >= 0.3 is 6.03 Å². The molecule has 0 aromatic carbocycles. The van der Waals surface area contributed by atoms with Crippen LogP contribution in [0.4, 0.5) is 10.7 Å². The van der Waals surface area contributed by atoms with Crippen molar-refractivity contribution in [2.24, 2.45) is 0 Å². The Bertz CT molecular complexity index is 558. The molecule has 7 heteroatoms. The number of amides is 2. The van der Waals surface area contributed by atoms with E-state index in [1.54, 1.807) is 0 Å². The number of hydrogen-bond donors (Lipinski definition) is 2. The van der Waals surface area contributed by atoms with Crippen LogP contribution in [0.5, 0.6) is 0 Å². The van der Waals surface area contributed by atoms with Gasteiger partial charge in [0.05, 0.1) is 11.8 Å². The molecule has 3 N–H and O–H groups in total. The van der Waals surface area contributed by atoms with Crippen molar-refractivity contribution >= 4 is 11.9 Å². The number of carbonyl (C=O) groups excluding carboxylic acids is 1. The number of likely N-dealkylation sites (tertiary alicyclic amines) is 1. The molecule has 1 atom stereocenters. The summed E-state index contributed by atoms with van der Waals surface area (Å²) >= 11 is 0. The summed E-state index contributed by atoms with van der Waals surface area (Å²) in [6.07, 6.45) is 4.08. The van der Waals surface area contributed by atoms with E-state index >= 15 is 0 Å². The molecule has 2 saturated heterocycles. The molecule has 134 valence electrons. The minimum atomic E-state index is 0.00713. The fourth-order valence-electron chi connectivity index (χ4n) is 3.67. The molecule has 1 aromatic rings. The lowest BCUT2D eigenvalue weighted by Gasteiger charge is -2.32. The number of anilines is 1. The van der Waals surface area contributed by atoms with Crippen molar-refractivity contribution in [3.05, 3.63) is 11.3 Å². The average molecular weight is 336 g/mol. The predicted octanol–water partition coefficient (Wildman–Crippen LogP) is 2.45. The molecule has 2 amide bonds. The number of piperidine rings is 1. The standard InChI is InChI=1S/C17H28N4O3/c1-11(2)14-15(20-24-16(14)18)12-5-7-21(8-6-12)17(22)19-10-13-4-3-9-23-13/h11-13H,3-10,18H2,1-2H3,(H,19,22). The van der Waals surface area contributed by atoms with E-state index in [1.807, 2.05) is 4.90 Å². The third-order valence-corrected chi connectivity index (χ3v) is 5.03. The van der Waals surface area contributed by atoms with Crippen LogP contribution in [0.15, 0.2) is 4.52 Å². The molecule has 2 aliphatic heterocycles. The van der Waals surface area contributed by atoms with E-state index < -0.39 is 0 Å². The molecule has 2 aliphatic rings. The van der Waals surface area contributed by atoms with Crippen molar-refractivity contribution in [1.82, 2.24) is 15.4 Å². The highest BCUT2D eigenvalue weighted by molar-refractivity contribution is 5.74. The van der Waals surface area contributed by atoms with Gasteiger partial charge in [0.1, 0.15) is 0 Å². The normalized spacial score (nSPS) is 22.3. The minimum absolute atomic E-state index is 0.00713. The van der Waals surface area contributed by atoms with Gasteiger partial charge in [0.15, 0.2) is 0 Å². The maximum Gasteiger partial charge on any atom is 0.317 e. The van der Waals surface area contributed by atoms with E-state index in [1.165, 1.54) is 0 Å². The van der Waals surface area contributed by atoms with Crippen LogP contribution >= 0.6 is 0 Å². The smallest absolute Gasteiger partial charge is 0.317 e. The molecular weight excluding hydrogens is 308 g/mol. The molecule has 0 bridgehead atoms. The number of urea groups is 1. The van der Waals surface area contributed by atoms with E-state index in [2.05, 4.69) is 24.3 Å². The summed E-state index contributed by atoms with van der Waals surface area (Å²) in [5, 5.41) is 7.17. The summed E-state index contributed by atoms with van der Waals surface area (Å²) in [7, 11) is 0. The molecule has 3 rings (SSSR count). The Morgan fingerprint density at radius 2 is 2.12 bits per heavy atom. The van der Waals surface area contributed by atoms with E-state index in [9.17, 15) is 4.79 Å². The highest BCUT2D eigenvalue weighted by atomic mass is 16.5. The van der Waals surface area contributed by atoms with E-state index in [0.717, 1.165) is 56.6 Å². The minimum Gasteiger partial charge on any atom is -0.376 e. The van der Waals surface area contributed by atoms with Gasteiger partial charge in [-0.2, -0.15) is 0 Å². The van der Waals surface area contributed by atoms with Crippen LogP contribution in [0.3, 0.4) is 0 Å². The summed E-state index contributed by atoms with van der Waals surface area (Å²) < 4.78 is 10.7. The maximum atomic E-state index is 12.3. The van der Waals surface area contributed by atoms with Crippen LogP contribution in [-0.4, -0.2) is 48.4 Å². The zero-order chi connectivity index (χ0) is 17.1. The van der Waals surface area contributed by atoms with Crippen LogP contribution in [0.25, 0.3) is 0 Å². The Kier molecular flexibility index (Phi) is 5.28. The number of nitrogens with one attached hydrogen (secondary N) is 1. The summed E-state index contributed by atoms with van der Waals surface area (Å²) in [6, 6.07) is 0.00713. The highest BCUT2D eigenvalue weighted by Crippen LogP contribution is 2.35. The third kappa shape index (κ3) is 3.66. The summed E-state index contributed by atoms with van der Waals surface area (Å²) in [5.74, 6) is 1.03. The Balaban J connectivity index is 1.51. The van der Waals surface area contributed by atoms with E-state index in [4.69, 9.17) is 15.0 Å². The first-order valence-electron chi connectivity index (χ1n) is 8.95. The zero-order valence-electron chi connectivity index (χ0n) is 14.6. The Hall–Kier alpha value is -1.76. The topological polar surface area (TPSA) is 93.6 Å². The number of nitrogens with zero attached hydrogens (tertiary/aromatic N) is 2. The second-order valence-corrected chi connectivity index (χ2v) is 7.08. The molecule has 2 fully saturated rings. The summed E-state index contributed by atoms with van der Waals surface area (Å²) in [6.45, 7) is 7.07. The Labute approximate surface area is 142 Å². The number of hydrogen-bond acceptors (Lipinski definition) is 5. The second kappa shape index (κ2) is 7.42. The van der Waals surface area contributed by atoms with Gasteiger partial charge in [-0.25, -0.2) is 4.79 Å². The van der Waals surface area contributed by atoms with E-state index in [-0.39, 0.29) is 12.1 Å². The van der Waals surface area contributed by atoms with Gasteiger partial charge in [-0.1, -0.05) is 19.0 Å². The highest BCUT2D eigenvalue weighted by Gasteiger charge is 2.30. The Morgan fingerprint density at radius 1 is 1.38 bits per heavy atom. The number of aromatic nitrogens is 1. The van der Waals surface area contributed by atoms with Gasteiger partial charge in [-0.15, -0.1) is 0 Å². The first kappa shape index (κ1) is 17.1. The van der Waals surface area contributed by atoms with Crippen LogP contribution in [-0.2, 0) is 4.74 Å². The lowest BCUT2D eigenvalue weighted by atomic mass is 9.88. The average Bonchev–Trinajstić information content (AvgIpc) is 3.22. The largest absolute Gasteiger partial charge is 0.376 e. The monoisotopic (exact) mass is 336 g/mol. The molecule has 1 unspecified atom stereocenters. The molecule has 1 aromatic heterocycles. The molecule has 0 aliphatic carbocycles. The number of nitrogens with two attached hydrogens (primary N) is 1. The number of rotatable bonds is 4. The molecular formula is C17H28N4O3. The number of ether oxygens (including phenoxy) is 1. The molecule has 0 saturated carbocycles. The number of nitrogen functional groups attached to an aromatic ring is 1. The molecule has 7 nitrogen and oxygen atoms in total. The SMILES string of the molecule is CC(C)c1c(C2CCN(C(=O)NCC3CCCO3)CC2)noc1N. The van der Waals surface area contributed by atoms with Gasteiger partial charge < -0.3 is 25.2 Å². The van der Waals surface area contributed by atoms with Crippen LogP contribution < -0.4 is 11.1 Å². The summed E-state index contributed by atoms with van der Waals surface area (Å²) in [4.78, 5) is 14.2. The lowest BCUT2D eigenvalue weighted by molar-refractivity contribution is 0.108. The first-order chi connectivity index (χ1) is 11.6. The van der Waals surface area contributed by atoms with Crippen molar-refractivity contribution in [2.75, 3.05) is 32.0 Å². The Morgan fingerprint density at radius 3 is 2.75 bits per heavy atom. The second-order valence-electron chi connectivity index (χ2n) is 7.08. The van der Waals surface area contributed by atoms with Gasteiger partial charge in [-0.05, 0) is 31.6 Å². The van der Waals surface area contributed by atoms with Crippen LogP contribution in [0.2, 0.25) is 0 Å². The van der Waals surface area contributed by atoms with Crippen molar-refractivity contribution in [2.45, 2.75) is 57.5 Å². The van der Waals surface area contributed by atoms with Crippen LogP contribution in [0.1, 0.15) is 62.6 Å². The van der Waals surface area contributed by atoms with Gasteiger partial charge in [-0.3, -0.25) is 0 Å². The maximum absolute atomic E-state index is 12.3. The fraction of sp³-hybridized carbons (Fsp3) is 0.765. The predicted molar refractivity (Wildman–Crippen MR) is 90.9 cm³/mol. The van der Waals surface area contributed by atoms with Gasteiger partial charge in [0, 0.05) is 37.7 Å². The fourth-order valence-corrected chi connectivity index (χ4v) is 3.67. The van der Waals surface area contributed by atoms with Crippen molar-refractivity contribution in [1.29, 1.82) is 0 Å². The van der Waals surface area contributed by atoms with Gasteiger partial charge in [0.2, 0.25) is 5.88 Å². The lowest BCUT2D eigenvalue weighted by Crippen LogP contribution is -2.46. The van der Waals surface area contributed by atoms with E-state index in [0.29, 0.717) is 24.3 Å². The molecule has 24 heavy (non-hydrogen) atoms. The zero-order valence-corrected chi connectivity index (χ0v) is 14.6. The van der Waals surface area contributed by atoms with Crippen molar-refractivity contribution < 1.29 is 14.1 Å². The van der Waals surface area contributed by atoms with Crippen LogP contribution in [0, 0.1) is 0 Å². The van der Waals surface area contributed by atoms with Gasteiger partial charge in [0.25, 0.3) is 0 Å². The molecule has 0 spiro atoms. The summed E-state index contributed by atoms with van der Waals surface area (Å²) in [5.41, 5.74) is 7.91. The molecule has 0 radical (unpaired) electrons. The third-order valence-electron chi connectivity index (χ3n) is 5.03. The van der Waals surface area contributed by atoms with Crippen molar-refractivity contribution in [3.8, 4) is 0 Å². The molecule has 3 heterocycles. The first-order valence-corrected chi connectivity index (χ1v) is 8.95. The quantitative estimate of drug-likeness (QED) is 0.881. The van der Waals surface area contributed by atoms with Crippen molar-refractivity contribution in [3.63, 3.8) is 0 Å². The number of carbonyl (C=O) groups is 1.